The maximum Gasteiger partial charge on any atom is 0.151 e. The SMILES string of the molecule is CNC(C1CCCC1)C1CS(=O)(=O)C1. The minimum absolute atomic E-state index is 0.382. The molecule has 2 rings (SSSR count). The molecule has 1 aliphatic heterocycles. The van der Waals surface area contributed by atoms with Gasteiger partial charge in [-0.2, -0.15) is 0 Å². The lowest BCUT2D eigenvalue weighted by Crippen LogP contribution is -2.51. The molecule has 4 heteroatoms. The van der Waals surface area contributed by atoms with Gasteiger partial charge in [0.2, 0.25) is 0 Å². The molecule has 1 saturated heterocycles. The summed E-state index contributed by atoms with van der Waals surface area (Å²) in [5, 5.41) is 3.32. The molecule has 0 aromatic heterocycles. The highest BCUT2D eigenvalue weighted by Gasteiger charge is 2.41. The Labute approximate surface area is 86.2 Å². The minimum atomic E-state index is -2.66. The summed E-state index contributed by atoms with van der Waals surface area (Å²) in [6.45, 7) is 0. The first-order chi connectivity index (χ1) is 6.62. The molecule has 0 aromatic carbocycles. The molecule has 1 heterocycles. The molecule has 0 aromatic rings. The van der Waals surface area contributed by atoms with E-state index in [0.717, 1.165) is 5.92 Å². The first-order valence-corrected chi connectivity index (χ1v) is 7.32. The van der Waals surface area contributed by atoms with Gasteiger partial charge in [0, 0.05) is 12.0 Å². The molecule has 1 aliphatic carbocycles. The van der Waals surface area contributed by atoms with Gasteiger partial charge in [-0.1, -0.05) is 12.8 Å². The third-order valence-electron chi connectivity index (χ3n) is 3.68. The second-order valence-electron chi connectivity index (χ2n) is 4.70. The molecule has 0 bridgehead atoms. The standard InChI is InChI=1S/C10H19NO2S/c1-11-10(8-4-2-3-5-8)9-6-14(12,13)7-9/h8-11H,2-7H2,1H3. The lowest BCUT2D eigenvalue weighted by Gasteiger charge is -2.36. The van der Waals surface area contributed by atoms with Crippen LogP contribution >= 0.6 is 0 Å². The Morgan fingerprint density at radius 1 is 1.14 bits per heavy atom. The van der Waals surface area contributed by atoms with Crippen LogP contribution in [0.15, 0.2) is 0 Å². The first kappa shape index (κ1) is 10.4. The molecule has 0 amide bonds. The maximum atomic E-state index is 11.1. The summed E-state index contributed by atoms with van der Waals surface area (Å²) in [4.78, 5) is 0. The van der Waals surface area contributed by atoms with Crippen LogP contribution in [0.2, 0.25) is 0 Å². The summed E-state index contributed by atoms with van der Waals surface area (Å²) in [6, 6.07) is 0.445. The fraction of sp³-hybridized carbons (Fsp3) is 1.00. The van der Waals surface area contributed by atoms with Crippen molar-refractivity contribution in [2.24, 2.45) is 11.8 Å². The second-order valence-corrected chi connectivity index (χ2v) is 6.85. The Kier molecular flexibility index (Phi) is 2.84. The Morgan fingerprint density at radius 3 is 2.14 bits per heavy atom. The average molecular weight is 217 g/mol. The zero-order valence-corrected chi connectivity index (χ0v) is 9.52. The molecule has 1 atom stereocenters. The van der Waals surface area contributed by atoms with Gasteiger partial charge >= 0.3 is 0 Å². The monoisotopic (exact) mass is 217 g/mol. The van der Waals surface area contributed by atoms with Crippen LogP contribution in [0.3, 0.4) is 0 Å². The predicted molar refractivity (Wildman–Crippen MR) is 56.9 cm³/mol. The van der Waals surface area contributed by atoms with E-state index >= 15 is 0 Å². The first-order valence-electron chi connectivity index (χ1n) is 5.50. The highest BCUT2D eigenvalue weighted by molar-refractivity contribution is 7.92. The van der Waals surface area contributed by atoms with E-state index < -0.39 is 9.84 Å². The molecule has 82 valence electrons. The van der Waals surface area contributed by atoms with E-state index in [0.29, 0.717) is 23.5 Å². The van der Waals surface area contributed by atoms with E-state index in [2.05, 4.69) is 5.32 Å². The van der Waals surface area contributed by atoms with Crippen LogP contribution in [0, 0.1) is 11.8 Å². The van der Waals surface area contributed by atoms with Crippen molar-refractivity contribution in [1.82, 2.24) is 5.32 Å². The maximum absolute atomic E-state index is 11.1. The minimum Gasteiger partial charge on any atom is -0.316 e. The summed E-state index contributed by atoms with van der Waals surface area (Å²) in [7, 11) is -0.689. The van der Waals surface area contributed by atoms with Crippen LogP contribution < -0.4 is 5.32 Å². The lowest BCUT2D eigenvalue weighted by atomic mass is 9.89. The summed E-state index contributed by atoms with van der Waals surface area (Å²) in [5.41, 5.74) is 0. The van der Waals surface area contributed by atoms with Gasteiger partial charge in [0.1, 0.15) is 0 Å². The summed E-state index contributed by atoms with van der Waals surface area (Å²) < 4.78 is 22.2. The summed E-state index contributed by atoms with van der Waals surface area (Å²) in [6.07, 6.45) is 5.20. The molecule has 1 unspecified atom stereocenters. The van der Waals surface area contributed by atoms with Crippen molar-refractivity contribution >= 4 is 9.84 Å². The molecule has 3 nitrogen and oxygen atoms in total. The Bertz CT molecular complexity index is 281. The van der Waals surface area contributed by atoms with Crippen LogP contribution in [0.25, 0.3) is 0 Å². The summed E-state index contributed by atoms with van der Waals surface area (Å²) in [5.74, 6) is 1.93. The van der Waals surface area contributed by atoms with Gasteiger partial charge in [0.05, 0.1) is 11.5 Å². The molecule has 2 fully saturated rings. The van der Waals surface area contributed by atoms with Gasteiger partial charge in [0.15, 0.2) is 9.84 Å². The zero-order chi connectivity index (χ0) is 10.2. The largest absolute Gasteiger partial charge is 0.316 e. The van der Waals surface area contributed by atoms with Crippen molar-refractivity contribution in [3.8, 4) is 0 Å². The topological polar surface area (TPSA) is 46.2 Å². The molecule has 1 N–H and O–H groups in total. The van der Waals surface area contributed by atoms with E-state index in [-0.39, 0.29) is 0 Å². The zero-order valence-electron chi connectivity index (χ0n) is 8.70. The van der Waals surface area contributed by atoms with E-state index in [1.54, 1.807) is 0 Å². The van der Waals surface area contributed by atoms with Gasteiger partial charge in [-0.25, -0.2) is 8.42 Å². The van der Waals surface area contributed by atoms with Crippen LogP contribution in [0.1, 0.15) is 25.7 Å². The number of hydrogen-bond acceptors (Lipinski definition) is 3. The number of sulfone groups is 1. The van der Waals surface area contributed by atoms with Crippen molar-refractivity contribution in [2.45, 2.75) is 31.7 Å². The molecule has 0 radical (unpaired) electrons. The molecule has 1 saturated carbocycles. The van der Waals surface area contributed by atoms with Crippen molar-refractivity contribution in [1.29, 1.82) is 0 Å². The molecule has 14 heavy (non-hydrogen) atoms. The third kappa shape index (κ3) is 1.96. The van der Waals surface area contributed by atoms with Gasteiger partial charge in [-0.15, -0.1) is 0 Å². The molecular weight excluding hydrogens is 198 g/mol. The van der Waals surface area contributed by atoms with Gasteiger partial charge < -0.3 is 5.32 Å². The second kappa shape index (κ2) is 3.81. The Hall–Kier alpha value is -0.0900. The van der Waals surface area contributed by atoms with Crippen molar-refractivity contribution < 1.29 is 8.42 Å². The van der Waals surface area contributed by atoms with Crippen molar-refractivity contribution in [2.75, 3.05) is 18.6 Å². The van der Waals surface area contributed by atoms with Crippen LogP contribution in [-0.4, -0.2) is 33.0 Å². The normalized spacial score (nSPS) is 30.1. The van der Waals surface area contributed by atoms with E-state index in [1.165, 1.54) is 25.7 Å². The number of rotatable bonds is 3. The molecule has 0 spiro atoms. The fourth-order valence-electron chi connectivity index (χ4n) is 2.98. The van der Waals surface area contributed by atoms with Crippen molar-refractivity contribution in [3.05, 3.63) is 0 Å². The van der Waals surface area contributed by atoms with Crippen LogP contribution in [-0.2, 0) is 9.84 Å². The third-order valence-corrected chi connectivity index (χ3v) is 5.56. The number of nitrogens with one attached hydrogen (secondary N) is 1. The van der Waals surface area contributed by atoms with Crippen LogP contribution in [0.4, 0.5) is 0 Å². The van der Waals surface area contributed by atoms with Crippen LogP contribution in [0.5, 0.6) is 0 Å². The lowest BCUT2D eigenvalue weighted by molar-refractivity contribution is 0.290. The quantitative estimate of drug-likeness (QED) is 0.761. The van der Waals surface area contributed by atoms with Gasteiger partial charge in [0.25, 0.3) is 0 Å². The van der Waals surface area contributed by atoms with Gasteiger partial charge in [-0.3, -0.25) is 0 Å². The Balaban J connectivity index is 1.94. The van der Waals surface area contributed by atoms with E-state index in [1.807, 2.05) is 7.05 Å². The fourth-order valence-corrected chi connectivity index (χ4v) is 4.61. The highest BCUT2D eigenvalue weighted by Crippen LogP contribution is 2.34. The summed E-state index contributed by atoms with van der Waals surface area (Å²) >= 11 is 0. The molecule has 2 aliphatic rings. The highest BCUT2D eigenvalue weighted by atomic mass is 32.2. The predicted octanol–water partition coefficient (Wildman–Crippen LogP) is 0.809. The van der Waals surface area contributed by atoms with E-state index in [4.69, 9.17) is 0 Å². The Morgan fingerprint density at radius 2 is 1.71 bits per heavy atom. The van der Waals surface area contributed by atoms with Crippen molar-refractivity contribution in [3.63, 3.8) is 0 Å². The smallest absolute Gasteiger partial charge is 0.151 e. The van der Waals surface area contributed by atoms with E-state index in [9.17, 15) is 8.42 Å². The van der Waals surface area contributed by atoms with Gasteiger partial charge in [-0.05, 0) is 25.8 Å². The average Bonchev–Trinajstić information content (AvgIpc) is 2.55. The number of hydrogen-bond donors (Lipinski definition) is 1. The molecular formula is C10H19NO2S.